The number of hydrogen-bond donors (Lipinski definition) is 0. The fraction of sp³-hybridized carbons (Fsp3) is 0.316. The van der Waals surface area contributed by atoms with E-state index in [-0.39, 0.29) is 12.5 Å². The SMILES string of the molecule is COc1ccc2c(c1)CCCN2C(=O)COc1ccccc1OC. The number of methoxy groups -OCH3 is 2. The average molecular weight is 327 g/mol. The molecule has 1 aliphatic rings. The molecule has 0 radical (unpaired) electrons. The van der Waals surface area contributed by atoms with Crippen LogP contribution in [0.25, 0.3) is 0 Å². The lowest BCUT2D eigenvalue weighted by Crippen LogP contribution is -2.38. The van der Waals surface area contributed by atoms with E-state index in [0.29, 0.717) is 18.0 Å². The van der Waals surface area contributed by atoms with E-state index in [1.807, 2.05) is 36.4 Å². The lowest BCUT2D eigenvalue weighted by molar-refractivity contribution is -0.120. The van der Waals surface area contributed by atoms with Gasteiger partial charge in [-0.05, 0) is 48.7 Å². The Morgan fingerprint density at radius 2 is 1.88 bits per heavy atom. The molecule has 0 unspecified atom stereocenters. The zero-order valence-corrected chi connectivity index (χ0v) is 14.0. The fourth-order valence-electron chi connectivity index (χ4n) is 2.91. The van der Waals surface area contributed by atoms with Gasteiger partial charge in [0.25, 0.3) is 5.91 Å². The number of nitrogens with zero attached hydrogens (tertiary/aromatic N) is 1. The van der Waals surface area contributed by atoms with Crippen molar-refractivity contribution in [3.05, 3.63) is 48.0 Å². The summed E-state index contributed by atoms with van der Waals surface area (Å²) in [5.41, 5.74) is 2.07. The van der Waals surface area contributed by atoms with Gasteiger partial charge in [-0.25, -0.2) is 0 Å². The van der Waals surface area contributed by atoms with E-state index in [4.69, 9.17) is 14.2 Å². The molecule has 1 aliphatic heterocycles. The highest BCUT2D eigenvalue weighted by atomic mass is 16.5. The third-order valence-electron chi connectivity index (χ3n) is 4.13. The molecule has 3 rings (SSSR count). The van der Waals surface area contributed by atoms with Gasteiger partial charge in [0.1, 0.15) is 5.75 Å². The summed E-state index contributed by atoms with van der Waals surface area (Å²) in [5.74, 6) is 1.94. The van der Waals surface area contributed by atoms with E-state index in [0.717, 1.165) is 29.8 Å². The molecule has 0 atom stereocenters. The number of aryl methyl sites for hydroxylation is 1. The van der Waals surface area contributed by atoms with E-state index in [9.17, 15) is 4.79 Å². The van der Waals surface area contributed by atoms with Crippen LogP contribution in [0.15, 0.2) is 42.5 Å². The second-order valence-electron chi connectivity index (χ2n) is 5.58. The van der Waals surface area contributed by atoms with Gasteiger partial charge in [0.2, 0.25) is 0 Å². The van der Waals surface area contributed by atoms with Crippen molar-refractivity contribution in [1.82, 2.24) is 0 Å². The Labute approximate surface area is 141 Å². The number of hydrogen-bond acceptors (Lipinski definition) is 4. The molecule has 0 fully saturated rings. The molecule has 0 bridgehead atoms. The number of rotatable bonds is 5. The Bertz CT molecular complexity index is 729. The van der Waals surface area contributed by atoms with Crippen molar-refractivity contribution in [1.29, 1.82) is 0 Å². The summed E-state index contributed by atoms with van der Waals surface area (Å²) in [6, 6.07) is 13.1. The fourth-order valence-corrected chi connectivity index (χ4v) is 2.91. The highest BCUT2D eigenvalue weighted by molar-refractivity contribution is 5.95. The van der Waals surface area contributed by atoms with Crippen molar-refractivity contribution in [2.75, 3.05) is 32.3 Å². The largest absolute Gasteiger partial charge is 0.497 e. The number of anilines is 1. The van der Waals surface area contributed by atoms with Gasteiger partial charge in [0.05, 0.1) is 14.2 Å². The molecule has 126 valence electrons. The van der Waals surface area contributed by atoms with Crippen LogP contribution >= 0.6 is 0 Å². The van der Waals surface area contributed by atoms with Crippen LogP contribution in [0.2, 0.25) is 0 Å². The van der Waals surface area contributed by atoms with Gasteiger partial charge < -0.3 is 19.1 Å². The first-order valence-corrected chi connectivity index (χ1v) is 7.96. The van der Waals surface area contributed by atoms with Gasteiger partial charge in [-0.2, -0.15) is 0 Å². The van der Waals surface area contributed by atoms with E-state index in [1.54, 1.807) is 25.2 Å². The lowest BCUT2D eigenvalue weighted by Gasteiger charge is -2.29. The number of benzene rings is 2. The summed E-state index contributed by atoms with van der Waals surface area (Å²) < 4.78 is 16.2. The minimum absolute atomic E-state index is 0.0220. The van der Waals surface area contributed by atoms with Crippen molar-refractivity contribution in [2.24, 2.45) is 0 Å². The van der Waals surface area contributed by atoms with Crippen molar-refractivity contribution in [3.63, 3.8) is 0 Å². The maximum Gasteiger partial charge on any atom is 0.264 e. The third-order valence-corrected chi connectivity index (χ3v) is 4.13. The summed E-state index contributed by atoms with van der Waals surface area (Å²) in [6.07, 6.45) is 1.88. The monoisotopic (exact) mass is 327 g/mol. The molecule has 1 heterocycles. The smallest absolute Gasteiger partial charge is 0.264 e. The Kier molecular flexibility index (Phi) is 4.89. The summed E-state index contributed by atoms with van der Waals surface area (Å²) in [6.45, 7) is 0.680. The number of carbonyl (C=O) groups excluding carboxylic acids is 1. The summed E-state index contributed by atoms with van der Waals surface area (Å²) in [4.78, 5) is 14.4. The predicted octanol–water partition coefficient (Wildman–Crippen LogP) is 3.06. The molecule has 24 heavy (non-hydrogen) atoms. The lowest BCUT2D eigenvalue weighted by atomic mass is 10.0. The maximum absolute atomic E-state index is 12.6. The first-order chi connectivity index (χ1) is 11.7. The Hall–Kier alpha value is -2.69. The van der Waals surface area contributed by atoms with Crippen LogP contribution in [0.3, 0.4) is 0 Å². The standard InChI is InChI=1S/C19H21NO4/c1-22-15-9-10-16-14(12-15)6-5-11-20(16)19(21)13-24-18-8-4-3-7-17(18)23-2/h3-4,7-10,12H,5-6,11,13H2,1-2H3. The van der Waals surface area contributed by atoms with E-state index < -0.39 is 0 Å². The van der Waals surface area contributed by atoms with Gasteiger partial charge in [-0.3, -0.25) is 4.79 Å². The molecule has 5 heteroatoms. The number of carbonyl (C=O) groups is 1. The van der Waals surface area contributed by atoms with Crippen LogP contribution in [-0.4, -0.2) is 33.3 Å². The Balaban J connectivity index is 1.72. The Morgan fingerprint density at radius 3 is 2.62 bits per heavy atom. The summed E-state index contributed by atoms with van der Waals surface area (Å²) in [5, 5.41) is 0. The van der Waals surface area contributed by atoms with Gasteiger partial charge in [-0.15, -0.1) is 0 Å². The van der Waals surface area contributed by atoms with Crippen LogP contribution in [0, 0.1) is 0 Å². The van der Waals surface area contributed by atoms with Crippen LogP contribution in [0.1, 0.15) is 12.0 Å². The first kappa shape index (κ1) is 16.2. The average Bonchev–Trinajstić information content (AvgIpc) is 2.65. The molecule has 0 aromatic heterocycles. The highest BCUT2D eigenvalue weighted by Crippen LogP contribution is 2.31. The molecule has 2 aromatic rings. The van der Waals surface area contributed by atoms with Crippen molar-refractivity contribution < 1.29 is 19.0 Å². The molecular formula is C19H21NO4. The number of fused-ring (bicyclic) bond motifs is 1. The van der Waals surface area contributed by atoms with Crippen LogP contribution in [-0.2, 0) is 11.2 Å². The molecule has 0 saturated heterocycles. The molecule has 0 saturated carbocycles. The number of para-hydroxylation sites is 2. The van der Waals surface area contributed by atoms with E-state index in [2.05, 4.69) is 0 Å². The predicted molar refractivity (Wildman–Crippen MR) is 92.2 cm³/mol. The van der Waals surface area contributed by atoms with Crippen molar-refractivity contribution in [2.45, 2.75) is 12.8 Å². The van der Waals surface area contributed by atoms with Crippen LogP contribution < -0.4 is 19.1 Å². The van der Waals surface area contributed by atoms with Gasteiger partial charge in [-0.1, -0.05) is 12.1 Å². The van der Waals surface area contributed by atoms with Crippen molar-refractivity contribution >= 4 is 11.6 Å². The highest BCUT2D eigenvalue weighted by Gasteiger charge is 2.23. The molecule has 0 aliphatic carbocycles. The van der Waals surface area contributed by atoms with Gasteiger partial charge in [0.15, 0.2) is 18.1 Å². The minimum atomic E-state index is -0.0629. The molecule has 0 spiro atoms. The topological polar surface area (TPSA) is 48.0 Å². The molecule has 5 nitrogen and oxygen atoms in total. The van der Waals surface area contributed by atoms with E-state index in [1.165, 1.54) is 0 Å². The quantitative estimate of drug-likeness (QED) is 0.847. The van der Waals surface area contributed by atoms with Crippen molar-refractivity contribution in [3.8, 4) is 17.2 Å². The van der Waals surface area contributed by atoms with Crippen LogP contribution in [0.5, 0.6) is 17.2 Å². The normalized spacial score (nSPS) is 13.2. The van der Waals surface area contributed by atoms with Gasteiger partial charge in [0, 0.05) is 12.2 Å². The first-order valence-electron chi connectivity index (χ1n) is 7.96. The second-order valence-corrected chi connectivity index (χ2v) is 5.58. The van der Waals surface area contributed by atoms with Crippen LogP contribution in [0.4, 0.5) is 5.69 Å². The second kappa shape index (κ2) is 7.25. The zero-order chi connectivity index (χ0) is 16.9. The molecule has 2 aromatic carbocycles. The molecule has 0 N–H and O–H groups in total. The van der Waals surface area contributed by atoms with E-state index >= 15 is 0 Å². The molecule has 1 amide bonds. The Morgan fingerprint density at radius 1 is 1.08 bits per heavy atom. The number of ether oxygens (including phenoxy) is 3. The number of amides is 1. The van der Waals surface area contributed by atoms with Gasteiger partial charge >= 0.3 is 0 Å². The summed E-state index contributed by atoms with van der Waals surface area (Å²) >= 11 is 0. The molecular weight excluding hydrogens is 306 g/mol. The zero-order valence-electron chi connectivity index (χ0n) is 14.0. The summed E-state index contributed by atoms with van der Waals surface area (Å²) in [7, 11) is 3.23. The minimum Gasteiger partial charge on any atom is -0.497 e. The third kappa shape index (κ3) is 3.30. The maximum atomic E-state index is 12.6.